The number of carbonyl (C=O) groups excluding carboxylic acids is 2. The molecule has 0 spiro atoms. The fraction of sp³-hybridized carbons (Fsp3) is 0.222. The summed E-state index contributed by atoms with van der Waals surface area (Å²) < 4.78 is 19.8. The monoisotopic (exact) mass is 343 g/mol. The highest BCUT2D eigenvalue weighted by molar-refractivity contribution is 7.81. The van der Waals surface area contributed by atoms with Gasteiger partial charge >= 0.3 is 0 Å². The van der Waals surface area contributed by atoms with E-state index < -0.39 is 17.3 Å². The average molecular weight is 343 g/mol. The van der Waals surface area contributed by atoms with E-state index in [1.165, 1.54) is 4.31 Å². The van der Waals surface area contributed by atoms with E-state index in [1.54, 1.807) is 24.3 Å². The molecular formula is C18H17NO4S. The molecule has 0 bridgehead atoms. The minimum absolute atomic E-state index is 0.0474. The van der Waals surface area contributed by atoms with Gasteiger partial charge in [-0.2, -0.15) is 0 Å². The summed E-state index contributed by atoms with van der Waals surface area (Å²) in [4.78, 5) is 23.2. The minimum Gasteiger partial charge on any atom is -0.303 e. The molecule has 2 aromatic carbocycles. The fourth-order valence-corrected chi connectivity index (χ4v) is 3.82. The van der Waals surface area contributed by atoms with Crippen LogP contribution in [0, 0.1) is 0 Å². The maximum absolute atomic E-state index is 12.7. The summed E-state index contributed by atoms with van der Waals surface area (Å²) in [6.45, 7) is 0.188. The van der Waals surface area contributed by atoms with Crippen LogP contribution in [-0.4, -0.2) is 22.3 Å². The Balaban J connectivity index is 1.84. The lowest BCUT2D eigenvalue weighted by Crippen LogP contribution is -2.43. The molecule has 0 aromatic heterocycles. The summed E-state index contributed by atoms with van der Waals surface area (Å²) in [5, 5.41) is 0. The molecule has 2 atom stereocenters. The van der Waals surface area contributed by atoms with Gasteiger partial charge in [-0.1, -0.05) is 42.5 Å². The van der Waals surface area contributed by atoms with Crippen molar-refractivity contribution in [1.29, 1.82) is 0 Å². The van der Waals surface area contributed by atoms with Gasteiger partial charge in [0, 0.05) is 18.4 Å². The van der Waals surface area contributed by atoms with Crippen LogP contribution in [0.2, 0.25) is 0 Å². The quantitative estimate of drug-likeness (QED) is 0.757. The molecule has 5 nitrogen and oxygen atoms in total. The Kier molecular flexibility index (Phi) is 5.17. The number of ketones is 1. The van der Waals surface area contributed by atoms with Gasteiger partial charge in [0.1, 0.15) is 6.29 Å². The van der Waals surface area contributed by atoms with Crippen LogP contribution in [0.5, 0.6) is 0 Å². The van der Waals surface area contributed by atoms with Crippen molar-refractivity contribution in [3.05, 3.63) is 65.7 Å². The van der Waals surface area contributed by atoms with Gasteiger partial charge in [-0.05, 0) is 17.7 Å². The van der Waals surface area contributed by atoms with Crippen LogP contribution < -0.4 is 4.31 Å². The first-order chi connectivity index (χ1) is 11.7. The molecule has 3 rings (SSSR count). The minimum atomic E-state index is -1.79. The Morgan fingerprint density at radius 2 is 1.83 bits per heavy atom. The Hall–Kier alpha value is -2.31. The van der Waals surface area contributed by atoms with E-state index in [-0.39, 0.29) is 25.2 Å². The van der Waals surface area contributed by atoms with Crippen molar-refractivity contribution in [3.63, 3.8) is 0 Å². The first-order valence-electron chi connectivity index (χ1n) is 7.65. The van der Waals surface area contributed by atoms with Crippen molar-refractivity contribution in [2.24, 2.45) is 0 Å². The Morgan fingerprint density at radius 1 is 1.12 bits per heavy atom. The Morgan fingerprint density at radius 3 is 2.58 bits per heavy atom. The van der Waals surface area contributed by atoms with Crippen molar-refractivity contribution in [2.45, 2.75) is 25.5 Å². The lowest BCUT2D eigenvalue weighted by Gasteiger charge is -2.34. The number of anilines is 1. The van der Waals surface area contributed by atoms with Crippen LogP contribution in [0.4, 0.5) is 5.69 Å². The zero-order valence-corrected chi connectivity index (χ0v) is 13.8. The van der Waals surface area contributed by atoms with Gasteiger partial charge in [0.25, 0.3) is 11.3 Å². The number of fused-ring (bicyclic) bond motifs is 1. The Labute approximate surface area is 143 Å². The molecule has 1 aliphatic rings. The van der Waals surface area contributed by atoms with Crippen molar-refractivity contribution in [3.8, 4) is 0 Å². The highest BCUT2D eigenvalue weighted by Crippen LogP contribution is 2.33. The van der Waals surface area contributed by atoms with Crippen LogP contribution in [-0.2, 0) is 26.9 Å². The predicted molar refractivity (Wildman–Crippen MR) is 91.7 cm³/mol. The van der Waals surface area contributed by atoms with Crippen LogP contribution >= 0.6 is 0 Å². The third-order valence-corrected chi connectivity index (χ3v) is 5.03. The van der Waals surface area contributed by atoms with E-state index in [0.717, 1.165) is 11.8 Å². The first-order valence-corrected chi connectivity index (χ1v) is 8.68. The van der Waals surface area contributed by atoms with Crippen LogP contribution in [0.1, 0.15) is 28.8 Å². The van der Waals surface area contributed by atoms with Gasteiger partial charge < -0.3 is 4.79 Å². The number of benzene rings is 2. The van der Waals surface area contributed by atoms with Gasteiger partial charge in [0.15, 0.2) is 5.78 Å². The number of carbonyl (C=O) groups is 2. The summed E-state index contributed by atoms with van der Waals surface area (Å²) in [5.41, 5.74) is 1.96. The molecule has 0 saturated carbocycles. The number of rotatable bonds is 6. The summed E-state index contributed by atoms with van der Waals surface area (Å²) in [6, 6.07) is 15.9. The van der Waals surface area contributed by atoms with E-state index in [1.807, 2.05) is 30.3 Å². The van der Waals surface area contributed by atoms with Crippen LogP contribution in [0.3, 0.4) is 0 Å². The van der Waals surface area contributed by atoms with Crippen LogP contribution in [0.15, 0.2) is 54.6 Å². The van der Waals surface area contributed by atoms with E-state index in [9.17, 15) is 13.8 Å². The van der Waals surface area contributed by atoms with Crippen molar-refractivity contribution in [1.82, 2.24) is 0 Å². The largest absolute Gasteiger partial charge is 0.303 e. The SMILES string of the molecule is O=CCC1CC(=O)c2ccccc2N1S(=O)OCc1ccccc1. The number of Topliss-reactive ketones (excluding diaryl/α,β-unsaturated/α-hetero) is 1. The third-order valence-electron chi connectivity index (χ3n) is 3.89. The van der Waals surface area contributed by atoms with E-state index in [2.05, 4.69) is 0 Å². The smallest absolute Gasteiger partial charge is 0.265 e. The zero-order chi connectivity index (χ0) is 16.9. The van der Waals surface area contributed by atoms with Gasteiger partial charge in [-0.25, -0.2) is 4.21 Å². The molecule has 24 heavy (non-hydrogen) atoms. The van der Waals surface area contributed by atoms with E-state index in [4.69, 9.17) is 4.18 Å². The molecule has 0 aliphatic carbocycles. The summed E-state index contributed by atoms with van der Waals surface area (Å²) in [5.74, 6) is -0.0474. The number of para-hydroxylation sites is 1. The number of hydrogen-bond donors (Lipinski definition) is 0. The van der Waals surface area contributed by atoms with E-state index >= 15 is 0 Å². The maximum Gasteiger partial charge on any atom is 0.265 e. The molecule has 2 aromatic rings. The zero-order valence-electron chi connectivity index (χ0n) is 13.0. The van der Waals surface area contributed by atoms with Crippen molar-refractivity contribution >= 4 is 29.0 Å². The molecule has 6 heteroatoms. The van der Waals surface area contributed by atoms with Crippen molar-refractivity contribution < 1.29 is 18.0 Å². The molecule has 0 N–H and O–H groups in total. The third kappa shape index (κ3) is 3.44. The normalized spacial score (nSPS) is 18.1. The molecule has 0 fully saturated rings. The second kappa shape index (κ2) is 7.51. The highest BCUT2D eigenvalue weighted by atomic mass is 32.2. The molecular weight excluding hydrogens is 326 g/mol. The molecule has 0 radical (unpaired) electrons. The number of aldehydes is 1. The lowest BCUT2D eigenvalue weighted by molar-refractivity contribution is -0.108. The number of nitrogens with zero attached hydrogens (tertiary/aromatic N) is 1. The first kappa shape index (κ1) is 16.5. The molecule has 0 saturated heterocycles. The Bertz CT molecular complexity index is 763. The topological polar surface area (TPSA) is 63.7 Å². The average Bonchev–Trinajstić information content (AvgIpc) is 2.61. The summed E-state index contributed by atoms with van der Waals surface area (Å²) in [7, 11) is 0. The standard InChI is InChI=1S/C18H17NO4S/c20-11-10-15-12-18(21)16-8-4-5-9-17(16)19(15)24(22)23-13-14-6-2-1-3-7-14/h1-9,11,15H,10,12-13H2. The fourth-order valence-electron chi connectivity index (χ4n) is 2.75. The summed E-state index contributed by atoms with van der Waals surface area (Å²) in [6.07, 6.45) is 1.02. The number of hydrogen-bond acceptors (Lipinski definition) is 4. The molecule has 0 amide bonds. The van der Waals surface area contributed by atoms with Gasteiger partial charge in [-0.3, -0.25) is 13.3 Å². The second-order valence-electron chi connectivity index (χ2n) is 5.49. The second-order valence-corrected chi connectivity index (χ2v) is 6.55. The van der Waals surface area contributed by atoms with Gasteiger partial charge in [-0.15, -0.1) is 0 Å². The molecule has 2 unspecified atom stereocenters. The highest BCUT2D eigenvalue weighted by Gasteiger charge is 2.34. The van der Waals surface area contributed by atoms with Crippen LogP contribution in [0.25, 0.3) is 0 Å². The predicted octanol–water partition coefficient (Wildman–Crippen LogP) is 2.83. The van der Waals surface area contributed by atoms with Gasteiger partial charge in [0.05, 0.1) is 18.3 Å². The van der Waals surface area contributed by atoms with Gasteiger partial charge in [0.2, 0.25) is 0 Å². The molecule has 1 aliphatic heterocycles. The molecule has 1 heterocycles. The maximum atomic E-state index is 12.7. The van der Waals surface area contributed by atoms with E-state index in [0.29, 0.717) is 11.3 Å². The summed E-state index contributed by atoms with van der Waals surface area (Å²) >= 11 is -1.79. The molecule has 124 valence electrons. The lowest BCUT2D eigenvalue weighted by atomic mass is 9.95. The van der Waals surface area contributed by atoms with Crippen molar-refractivity contribution in [2.75, 3.05) is 4.31 Å².